The maximum absolute atomic E-state index is 12.5. The Morgan fingerprint density at radius 3 is 2.78 bits per heavy atom. The average Bonchev–Trinajstić information content (AvgIpc) is 2.63. The molecule has 1 aromatic rings. The number of hydrogen-bond donors (Lipinski definition) is 1. The minimum atomic E-state index is -0.390. The van der Waals surface area contributed by atoms with E-state index in [0.29, 0.717) is 5.92 Å². The summed E-state index contributed by atoms with van der Waals surface area (Å²) in [5, 5.41) is 0. The fourth-order valence-corrected chi connectivity index (χ4v) is 2.69. The molecule has 1 aromatic carbocycles. The molecule has 18 heavy (non-hydrogen) atoms. The predicted octanol–water partition coefficient (Wildman–Crippen LogP) is 2.34. The Balaban J connectivity index is 2.20. The molecule has 0 aromatic heterocycles. The molecule has 3 nitrogen and oxygen atoms in total. The Bertz CT molecular complexity index is 442. The fraction of sp³-hybridized carbons (Fsp3) is 0.533. The zero-order chi connectivity index (χ0) is 13.3. The lowest BCUT2D eigenvalue weighted by atomic mass is 10.0. The second-order valence-corrected chi connectivity index (χ2v) is 5.63. The van der Waals surface area contributed by atoms with Gasteiger partial charge >= 0.3 is 0 Å². The van der Waals surface area contributed by atoms with Crippen molar-refractivity contribution < 1.29 is 4.79 Å². The van der Waals surface area contributed by atoms with Crippen LogP contribution in [0.4, 0.5) is 5.69 Å². The molecular weight excluding hydrogens is 224 g/mol. The highest BCUT2D eigenvalue weighted by molar-refractivity contribution is 5.99. The lowest BCUT2D eigenvalue weighted by Gasteiger charge is -2.26. The van der Waals surface area contributed by atoms with Crippen molar-refractivity contribution >= 4 is 11.6 Å². The molecule has 0 radical (unpaired) electrons. The van der Waals surface area contributed by atoms with Gasteiger partial charge in [-0.3, -0.25) is 4.79 Å². The molecular formula is C15H22N2O. The molecule has 1 amide bonds. The van der Waals surface area contributed by atoms with E-state index in [1.54, 1.807) is 0 Å². The van der Waals surface area contributed by atoms with Gasteiger partial charge in [-0.2, -0.15) is 0 Å². The fourth-order valence-electron chi connectivity index (χ4n) is 2.69. The van der Waals surface area contributed by atoms with Crippen LogP contribution in [0.5, 0.6) is 0 Å². The van der Waals surface area contributed by atoms with Crippen molar-refractivity contribution in [2.75, 3.05) is 4.90 Å². The Labute approximate surface area is 109 Å². The van der Waals surface area contributed by atoms with Crippen LogP contribution < -0.4 is 10.6 Å². The molecule has 2 N–H and O–H groups in total. The van der Waals surface area contributed by atoms with Crippen molar-refractivity contribution in [2.45, 2.75) is 45.7 Å². The van der Waals surface area contributed by atoms with E-state index in [1.807, 2.05) is 23.1 Å². The highest BCUT2D eigenvalue weighted by atomic mass is 16.2. The van der Waals surface area contributed by atoms with Gasteiger partial charge in [0.1, 0.15) is 0 Å². The van der Waals surface area contributed by atoms with E-state index in [1.165, 1.54) is 5.56 Å². The first-order chi connectivity index (χ1) is 8.50. The summed E-state index contributed by atoms with van der Waals surface area (Å²) >= 11 is 0. The molecule has 2 atom stereocenters. The normalized spacial score (nSPS) is 20.1. The highest BCUT2D eigenvalue weighted by Crippen LogP contribution is 2.32. The second kappa shape index (κ2) is 5.11. The van der Waals surface area contributed by atoms with E-state index in [9.17, 15) is 4.79 Å². The van der Waals surface area contributed by atoms with Crippen molar-refractivity contribution in [2.24, 2.45) is 11.7 Å². The second-order valence-electron chi connectivity index (χ2n) is 5.63. The van der Waals surface area contributed by atoms with Gasteiger partial charge in [0.15, 0.2) is 0 Å². The monoisotopic (exact) mass is 246 g/mol. The van der Waals surface area contributed by atoms with Gasteiger partial charge in [0.05, 0.1) is 6.04 Å². The Morgan fingerprint density at radius 2 is 2.11 bits per heavy atom. The van der Waals surface area contributed by atoms with Crippen molar-refractivity contribution in [3.05, 3.63) is 29.8 Å². The van der Waals surface area contributed by atoms with E-state index in [-0.39, 0.29) is 11.9 Å². The standard InChI is InChI=1S/C15H22N2O/c1-10(2)8-13(16)15(18)17-11(3)9-12-6-4-5-7-14(12)17/h4-7,10-11,13H,8-9,16H2,1-3H3/t11?,13-/m1/s1. The number of fused-ring (bicyclic) bond motifs is 1. The molecule has 3 heteroatoms. The molecule has 0 bridgehead atoms. The number of amides is 1. The number of nitrogens with two attached hydrogens (primary N) is 1. The molecule has 0 spiro atoms. The zero-order valence-corrected chi connectivity index (χ0v) is 11.4. The summed E-state index contributed by atoms with van der Waals surface area (Å²) in [6.07, 6.45) is 1.67. The highest BCUT2D eigenvalue weighted by Gasteiger charge is 2.33. The van der Waals surface area contributed by atoms with E-state index in [4.69, 9.17) is 5.73 Å². The number of nitrogens with zero attached hydrogens (tertiary/aromatic N) is 1. The molecule has 1 heterocycles. The van der Waals surface area contributed by atoms with Gasteiger partial charge in [-0.1, -0.05) is 32.0 Å². The third kappa shape index (κ3) is 2.41. The topological polar surface area (TPSA) is 46.3 Å². The molecule has 2 rings (SSSR count). The number of carbonyl (C=O) groups excluding carboxylic acids is 1. The minimum Gasteiger partial charge on any atom is -0.320 e. The van der Waals surface area contributed by atoms with Crippen LogP contribution in [0.3, 0.4) is 0 Å². The van der Waals surface area contributed by atoms with Gasteiger partial charge < -0.3 is 10.6 Å². The van der Waals surface area contributed by atoms with Crippen LogP contribution in [-0.4, -0.2) is 18.0 Å². The smallest absolute Gasteiger partial charge is 0.244 e. The Hall–Kier alpha value is -1.35. The zero-order valence-electron chi connectivity index (χ0n) is 11.4. The molecule has 1 aliphatic rings. The van der Waals surface area contributed by atoms with Crippen LogP contribution in [0.2, 0.25) is 0 Å². The van der Waals surface area contributed by atoms with Crippen molar-refractivity contribution in [3.63, 3.8) is 0 Å². The molecule has 0 aliphatic carbocycles. The number of anilines is 1. The number of hydrogen-bond acceptors (Lipinski definition) is 2. The Kier molecular flexibility index (Phi) is 3.71. The SMILES string of the molecule is CC(C)C[C@@H](N)C(=O)N1c2ccccc2CC1C. The summed E-state index contributed by atoms with van der Waals surface area (Å²) in [4.78, 5) is 14.3. The number of carbonyl (C=O) groups is 1. The van der Waals surface area contributed by atoms with Crippen LogP contribution in [0.25, 0.3) is 0 Å². The summed E-state index contributed by atoms with van der Waals surface area (Å²) in [6, 6.07) is 7.93. The third-order valence-corrected chi connectivity index (χ3v) is 3.49. The Morgan fingerprint density at radius 1 is 1.44 bits per heavy atom. The summed E-state index contributed by atoms with van der Waals surface area (Å²) < 4.78 is 0. The number of benzene rings is 1. The summed E-state index contributed by atoms with van der Waals surface area (Å²) in [5.74, 6) is 0.498. The molecule has 1 aliphatic heterocycles. The summed E-state index contributed by atoms with van der Waals surface area (Å²) in [6.45, 7) is 6.27. The molecule has 1 unspecified atom stereocenters. The van der Waals surface area contributed by atoms with Gasteiger partial charge in [-0.05, 0) is 37.3 Å². The molecule has 98 valence electrons. The van der Waals surface area contributed by atoms with Gasteiger partial charge in [0.25, 0.3) is 0 Å². The maximum Gasteiger partial charge on any atom is 0.244 e. The van der Waals surface area contributed by atoms with Crippen LogP contribution >= 0.6 is 0 Å². The van der Waals surface area contributed by atoms with E-state index < -0.39 is 6.04 Å². The molecule has 0 saturated carbocycles. The van der Waals surface area contributed by atoms with Crippen molar-refractivity contribution in [3.8, 4) is 0 Å². The van der Waals surface area contributed by atoms with E-state index in [2.05, 4.69) is 26.8 Å². The number of para-hydroxylation sites is 1. The number of rotatable bonds is 3. The van der Waals surface area contributed by atoms with Crippen LogP contribution in [-0.2, 0) is 11.2 Å². The largest absolute Gasteiger partial charge is 0.320 e. The van der Waals surface area contributed by atoms with E-state index in [0.717, 1.165) is 18.5 Å². The maximum atomic E-state index is 12.5. The average molecular weight is 246 g/mol. The van der Waals surface area contributed by atoms with Crippen LogP contribution in [0, 0.1) is 5.92 Å². The molecule has 0 saturated heterocycles. The van der Waals surface area contributed by atoms with Crippen LogP contribution in [0.15, 0.2) is 24.3 Å². The predicted molar refractivity (Wildman–Crippen MR) is 74.5 cm³/mol. The lowest BCUT2D eigenvalue weighted by molar-refractivity contribution is -0.120. The van der Waals surface area contributed by atoms with Gasteiger partial charge in [0.2, 0.25) is 5.91 Å². The lowest BCUT2D eigenvalue weighted by Crippen LogP contribution is -2.47. The third-order valence-electron chi connectivity index (χ3n) is 3.49. The minimum absolute atomic E-state index is 0.0566. The van der Waals surface area contributed by atoms with Gasteiger partial charge in [-0.25, -0.2) is 0 Å². The first-order valence-electron chi connectivity index (χ1n) is 6.67. The quantitative estimate of drug-likeness (QED) is 0.889. The first-order valence-corrected chi connectivity index (χ1v) is 6.67. The summed E-state index contributed by atoms with van der Waals surface area (Å²) in [7, 11) is 0. The van der Waals surface area contributed by atoms with Crippen LogP contribution in [0.1, 0.15) is 32.8 Å². The van der Waals surface area contributed by atoms with Gasteiger partial charge in [0, 0.05) is 11.7 Å². The van der Waals surface area contributed by atoms with E-state index >= 15 is 0 Å². The van der Waals surface area contributed by atoms with Crippen molar-refractivity contribution in [1.29, 1.82) is 0 Å². The summed E-state index contributed by atoms with van der Waals surface area (Å²) in [5.41, 5.74) is 8.31. The molecule has 0 fully saturated rings. The van der Waals surface area contributed by atoms with Crippen molar-refractivity contribution in [1.82, 2.24) is 0 Å². The van der Waals surface area contributed by atoms with Gasteiger partial charge in [-0.15, -0.1) is 0 Å². The first kappa shape index (κ1) is 13.1.